The van der Waals surface area contributed by atoms with Crippen molar-refractivity contribution in [2.24, 2.45) is 0 Å². The Morgan fingerprint density at radius 3 is 2.88 bits per heavy atom. The van der Waals surface area contributed by atoms with Crippen molar-refractivity contribution in [2.75, 3.05) is 6.35 Å². The number of rotatable bonds is 3. The molecule has 0 saturated heterocycles. The van der Waals surface area contributed by atoms with E-state index in [0.29, 0.717) is 0 Å². The Bertz CT molecular complexity index is 110. The van der Waals surface area contributed by atoms with Gasteiger partial charge in [0.1, 0.15) is 0 Å². The minimum atomic E-state index is -0.548. The number of hydrogen-bond acceptors (Lipinski definition) is 3. The summed E-state index contributed by atoms with van der Waals surface area (Å²) in [5, 5.41) is 0. The summed E-state index contributed by atoms with van der Waals surface area (Å²) in [6.45, 7) is 3.13. The molecular weight excluding hydrogens is 127 g/mol. The Morgan fingerprint density at radius 1 is 1.88 bits per heavy atom. The van der Waals surface area contributed by atoms with Crippen LogP contribution in [0.1, 0.15) is 0 Å². The molecule has 0 heterocycles. The highest BCUT2D eigenvalue weighted by Gasteiger charge is 1.90. The third-order valence-corrected chi connectivity index (χ3v) is 0.661. The predicted octanol–water partition coefficient (Wildman–Crippen LogP) is 0.965. The molecule has 0 amide bonds. The Balaban J connectivity index is 3.24. The zero-order valence-electron chi connectivity index (χ0n) is 4.16. The first-order chi connectivity index (χ1) is 3.81. The molecule has 0 spiro atoms. The highest BCUT2D eigenvalue weighted by atomic mass is 31.1. The van der Waals surface area contributed by atoms with Crippen LogP contribution >= 0.6 is 8.46 Å². The minimum absolute atomic E-state index is 0.0924. The summed E-state index contributed by atoms with van der Waals surface area (Å²) in [5.41, 5.74) is 0. The van der Waals surface area contributed by atoms with Crippen LogP contribution in [0.15, 0.2) is 12.7 Å². The summed E-state index contributed by atoms with van der Waals surface area (Å²) in [6.07, 6.45) is 0.927. The molecule has 3 nitrogen and oxygen atoms in total. The van der Waals surface area contributed by atoms with Gasteiger partial charge in [-0.1, -0.05) is 6.58 Å². The molecule has 0 aromatic heterocycles. The summed E-state index contributed by atoms with van der Waals surface area (Å²) in [4.78, 5) is 10.1. The smallest absolute Gasteiger partial charge is 0.330 e. The first kappa shape index (κ1) is 7.31. The van der Waals surface area contributed by atoms with Gasteiger partial charge >= 0.3 is 5.97 Å². The van der Waals surface area contributed by atoms with Gasteiger partial charge in [0, 0.05) is 6.08 Å². The monoisotopic (exact) mass is 132 g/mol. The van der Waals surface area contributed by atoms with Crippen molar-refractivity contribution < 1.29 is 14.1 Å². The van der Waals surface area contributed by atoms with Gasteiger partial charge in [-0.2, -0.15) is 0 Å². The van der Waals surface area contributed by atoms with E-state index < -0.39 is 5.97 Å². The fourth-order valence-corrected chi connectivity index (χ4v) is 0.329. The molecule has 0 aliphatic rings. The second-order valence-electron chi connectivity index (χ2n) is 0.926. The topological polar surface area (TPSA) is 43.4 Å². The van der Waals surface area contributed by atoms with Gasteiger partial charge in [-0.15, -0.1) is 0 Å². The van der Waals surface area contributed by atoms with E-state index in [1.54, 1.807) is 0 Å². The van der Waals surface area contributed by atoms with E-state index in [4.69, 9.17) is 0 Å². The maximum atomic E-state index is 10.1. The van der Waals surface area contributed by atoms with Crippen molar-refractivity contribution in [1.29, 1.82) is 0 Å². The predicted molar refractivity (Wildman–Crippen MR) is 28.8 cm³/mol. The molecule has 0 aliphatic heterocycles. The molecule has 8 heavy (non-hydrogen) atoms. The molecule has 0 unspecified atom stereocenters. The average molecular weight is 132 g/mol. The first-order valence-electron chi connectivity index (χ1n) is 1.89. The van der Waals surface area contributed by atoms with E-state index in [0.717, 1.165) is 6.08 Å². The van der Waals surface area contributed by atoms with Crippen LogP contribution in [-0.2, 0) is 14.1 Å². The second-order valence-corrected chi connectivity index (χ2v) is 1.44. The van der Waals surface area contributed by atoms with Crippen LogP contribution in [0.4, 0.5) is 0 Å². The van der Waals surface area contributed by atoms with Crippen molar-refractivity contribution in [3.63, 3.8) is 0 Å². The normalized spacial score (nSPS) is 8.50. The summed E-state index contributed by atoms with van der Waals surface area (Å²) < 4.78 is 13.9. The molecule has 44 valence electrons. The van der Waals surface area contributed by atoms with E-state index in [-0.39, 0.29) is 14.8 Å². The fraction of sp³-hybridized carbons (Fsp3) is 0.250. The number of carbonyl (C=O) groups excluding carboxylic acids is 1. The molecule has 0 aliphatic carbocycles. The zero-order chi connectivity index (χ0) is 6.41. The highest BCUT2D eigenvalue weighted by Crippen LogP contribution is 1.91. The summed E-state index contributed by atoms with van der Waals surface area (Å²) in [7, 11) is -0.191. The summed E-state index contributed by atoms with van der Waals surface area (Å²) in [5.74, 6) is -0.548. The molecule has 0 fully saturated rings. The summed E-state index contributed by atoms with van der Waals surface area (Å²) in [6, 6.07) is 0. The standard InChI is InChI=1S/C4H5O3P/c1-2-4(5)7-3-8-6/h2H,1,3H2. The molecule has 0 rings (SSSR count). The van der Waals surface area contributed by atoms with Gasteiger partial charge in [-0.05, 0) is 0 Å². The van der Waals surface area contributed by atoms with Crippen molar-refractivity contribution >= 4 is 14.4 Å². The lowest BCUT2D eigenvalue weighted by molar-refractivity contribution is -0.135. The number of ether oxygens (including phenoxy) is 1. The number of hydrogen-bond donors (Lipinski definition) is 0. The molecule has 0 saturated carbocycles. The maximum absolute atomic E-state index is 10.1. The lowest BCUT2D eigenvalue weighted by Gasteiger charge is -1.89. The third-order valence-electron chi connectivity index (χ3n) is 0.426. The van der Waals surface area contributed by atoms with Gasteiger partial charge in [0.25, 0.3) is 0 Å². The van der Waals surface area contributed by atoms with Gasteiger partial charge in [-0.25, -0.2) is 4.79 Å². The fourth-order valence-electron chi connectivity index (χ4n) is 0.149. The molecule has 0 atom stereocenters. The van der Waals surface area contributed by atoms with Crippen LogP contribution in [0.25, 0.3) is 0 Å². The Labute approximate surface area is 48.5 Å². The molecule has 0 N–H and O–H groups in total. The van der Waals surface area contributed by atoms with Crippen LogP contribution in [0, 0.1) is 0 Å². The first-order valence-corrected chi connectivity index (χ1v) is 2.89. The lowest BCUT2D eigenvalue weighted by Crippen LogP contribution is -1.96. The molecule has 0 aromatic carbocycles. The minimum Gasteiger partial charge on any atom is -0.450 e. The quantitative estimate of drug-likeness (QED) is 0.326. The van der Waals surface area contributed by atoms with Gasteiger partial charge in [-0.3, -0.25) is 4.57 Å². The number of esters is 1. The van der Waals surface area contributed by atoms with Gasteiger partial charge in [0.05, 0.1) is 0 Å². The Morgan fingerprint density at radius 2 is 2.50 bits per heavy atom. The molecule has 0 bridgehead atoms. The maximum Gasteiger partial charge on any atom is 0.330 e. The second kappa shape index (κ2) is 4.47. The highest BCUT2D eigenvalue weighted by molar-refractivity contribution is 7.23. The van der Waals surface area contributed by atoms with Gasteiger partial charge < -0.3 is 4.74 Å². The van der Waals surface area contributed by atoms with E-state index in [2.05, 4.69) is 11.3 Å². The molecular formula is C4H5O3P. The largest absolute Gasteiger partial charge is 0.450 e. The zero-order valence-corrected chi connectivity index (χ0v) is 5.06. The molecule has 0 aromatic rings. The van der Waals surface area contributed by atoms with Crippen LogP contribution in [0.3, 0.4) is 0 Å². The van der Waals surface area contributed by atoms with Gasteiger partial charge in [0.15, 0.2) is 14.8 Å². The van der Waals surface area contributed by atoms with Crippen molar-refractivity contribution in [2.45, 2.75) is 0 Å². The van der Waals surface area contributed by atoms with Crippen molar-refractivity contribution in [3.8, 4) is 0 Å². The number of carbonyl (C=O) groups is 1. The lowest BCUT2D eigenvalue weighted by atomic mass is 10.7. The Kier molecular flexibility index (Phi) is 4.08. The van der Waals surface area contributed by atoms with E-state index in [1.165, 1.54) is 0 Å². The van der Waals surface area contributed by atoms with Gasteiger partial charge in [0.2, 0.25) is 0 Å². The van der Waals surface area contributed by atoms with Crippen LogP contribution in [-0.4, -0.2) is 12.3 Å². The van der Waals surface area contributed by atoms with Crippen LogP contribution < -0.4 is 0 Å². The van der Waals surface area contributed by atoms with Crippen LogP contribution in [0.5, 0.6) is 0 Å². The van der Waals surface area contributed by atoms with E-state index in [1.807, 2.05) is 0 Å². The third kappa shape index (κ3) is 3.50. The molecule has 4 heteroatoms. The molecule has 0 radical (unpaired) electrons. The van der Waals surface area contributed by atoms with Crippen molar-refractivity contribution in [1.82, 2.24) is 0 Å². The summed E-state index contributed by atoms with van der Waals surface area (Å²) >= 11 is 0. The average Bonchev–Trinajstić information content (AvgIpc) is 1.83. The van der Waals surface area contributed by atoms with E-state index in [9.17, 15) is 9.36 Å². The van der Waals surface area contributed by atoms with Crippen molar-refractivity contribution in [3.05, 3.63) is 12.7 Å². The van der Waals surface area contributed by atoms with Crippen LogP contribution in [0.2, 0.25) is 0 Å². The van der Waals surface area contributed by atoms with E-state index >= 15 is 0 Å². The Hall–Kier alpha value is -0.690. The SMILES string of the molecule is C=CC(=O)OCP=O.